The first kappa shape index (κ1) is 11.9. The van der Waals surface area contributed by atoms with Crippen molar-refractivity contribution in [2.75, 3.05) is 0 Å². The zero-order valence-electron chi connectivity index (χ0n) is 10.3. The minimum Gasteiger partial charge on any atom is -0.469 e. The summed E-state index contributed by atoms with van der Waals surface area (Å²) in [5.41, 5.74) is 0. The van der Waals surface area contributed by atoms with Crippen molar-refractivity contribution in [2.24, 2.45) is 0 Å². The van der Waals surface area contributed by atoms with Crippen LogP contribution in [-0.2, 0) is 13.0 Å². The normalized spacial score (nSPS) is 14.7. The van der Waals surface area contributed by atoms with Crippen LogP contribution in [0, 0.1) is 0 Å². The predicted octanol–water partition coefficient (Wildman–Crippen LogP) is 2.09. The van der Waals surface area contributed by atoms with Gasteiger partial charge in [0.15, 0.2) is 0 Å². The number of rotatable bonds is 6. The first-order valence-electron chi connectivity index (χ1n) is 6.00. The van der Waals surface area contributed by atoms with Crippen molar-refractivity contribution in [1.82, 2.24) is 15.1 Å². The monoisotopic (exact) mass is 233 g/mol. The number of hydrogen-bond acceptors (Lipinski definition) is 3. The Balaban J connectivity index is 1.76. The lowest BCUT2D eigenvalue weighted by molar-refractivity contribution is 0.387. The van der Waals surface area contributed by atoms with E-state index in [0.29, 0.717) is 12.1 Å². The number of nitrogens with zero attached hydrogens (tertiary/aromatic N) is 2. The van der Waals surface area contributed by atoms with Crippen molar-refractivity contribution in [3.05, 3.63) is 42.6 Å². The molecule has 1 N–H and O–H groups in total. The molecule has 2 rings (SSSR count). The van der Waals surface area contributed by atoms with E-state index in [-0.39, 0.29) is 0 Å². The fourth-order valence-electron chi connectivity index (χ4n) is 2.02. The third-order valence-electron chi connectivity index (χ3n) is 2.68. The van der Waals surface area contributed by atoms with Gasteiger partial charge in [-0.05, 0) is 32.0 Å². The second kappa shape index (κ2) is 5.68. The van der Waals surface area contributed by atoms with Crippen LogP contribution in [0.1, 0.15) is 19.6 Å². The molecule has 0 fully saturated rings. The molecule has 17 heavy (non-hydrogen) atoms. The summed E-state index contributed by atoms with van der Waals surface area (Å²) < 4.78 is 7.28. The highest BCUT2D eigenvalue weighted by Gasteiger charge is 2.09. The number of nitrogens with one attached hydrogen (secondary N) is 1. The van der Waals surface area contributed by atoms with Crippen LogP contribution in [0.4, 0.5) is 0 Å². The third kappa shape index (κ3) is 3.75. The molecule has 2 aromatic rings. The Kier molecular flexibility index (Phi) is 3.98. The second-order valence-electron chi connectivity index (χ2n) is 4.48. The molecule has 2 heterocycles. The zero-order valence-corrected chi connectivity index (χ0v) is 10.3. The highest BCUT2D eigenvalue weighted by molar-refractivity contribution is 5.00. The van der Waals surface area contributed by atoms with E-state index < -0.39 is 0 Å². The quantitative estimate of drug-likeness (QED) is 0.830. The fourth-order valence-corrected chi connectivity index (χ4v) is 2.02. The molecular weight excluding hydrogens is 214 g/mol. The van der Waals surface area contributed by atoms with Crippen molar-refractivity contribution >= 4 is 0 Å². The molecule has 0 radical (unpaired) electrons. The maximum atomic E-state index is 5.33. The molecule has 0 saturated carbocycles. The maximum Gasteiger partial charge on any atom is 0.105 e. The van der Waals surface area contributed by atoms with Gasteiger partial charge in [-0.1, -0.05) is 0 Å². The second-order valence-corrected chi connectivity index (χ2v) is 4.48. The van der Waals surface area contributed by atoms with E-state index >= 15 is 0 Å². The molecular formula is C13H19N3O. The van der Waals surface area contributed by atoms with Gasteiger partial charge in [0.25, 0.3) is 0 Å². The van der Waals surface area contributed by atoms with E-state index in [1.165, 1.54) is 0 Å². The van der Waals surface area contributed by atoms with E-state index in [4.69, 9.17) is 4.42 Å². The van der Waals surface area contributed by atoms with Crippen LogP contribution in [0.15, 0.2) is 41.3 Å². The standard InChI is InChI=1S/C13H19N3O/c1-11(9-13-5-3-8-17-13)15-12(2)10-16-7-4-6-14-16/h3-8,11-12,15H,9-10H2,1-2H3. The summed E-state index contributed by atoms with van der Waals surface area (Å²) in [7, 11) is 0. The molecule has 4 heteroatoms. The van der Waals surface area contributed by atoms with Crippen LogP contribution in [0.2, 0.25) is 0 Å². The Hall–Kier alpha value is -1.55. The molecule has 0 aliphatic heterocycles. The van der Waals surface area contributed by atoms with Gasteiger partial charge in [0.1, 0.15) is 5.76 Å². The first-order valence-corrected chi connectivity index (χ1v) is 6.00. The van der Waals surface area contributed by atoms with Crippen LogP contribution in [0.25, 0.3) is 0 Å². The summed E-state index contributed by atoms with van der Waals surface area (Å²) in [6, 6.07) is 6.66. The van der Waals surface area contributed by atoms with Gasteiger partial charge in [-0.3, -0.25) is 4.68 Å². The van der Waals surface area contributed by atoms with Crippen LogP contribution < -0.4 is 5.32 Å². The Morgan fingerprint density at radius 2 is 2.24 bits per heavy atom. The molecule has 2 aromatic heterocycles. The smallest absolute Gasteiger partial charge is 0.105 e. The fraction of sp³-hybridized carbons (Fsp3) is 0.462. The van der Waals surface area contributed by atoms with E-state index in [9.17, 15) is 0 Å². The van der Waals surface area contributed by atoms with Gasteiger partial charge in [0.05, 0.1) is 12.8 Å². The molecule has 2 unspecified atom stereocenters. The van der Waals surface area contributed by atoms with Crippen molar-refractivity contribution in [3.63, 3.8) is 0 Å². The van der Waals surface area contributed by atoms with Crippen LogP contribution in [0.3, 0.4) is 0 Å². The molecule has 0 amide bonds. The van der Waals surface area contributed by atoms with Crippen LogP contribution in [0.5, 0.6) is 0 Å². The molecule has 0 aliphatic carbocycles. The molecule has 0 aliphatic rings. The highest BCUT2D eigenvalue weighted by Crippen LogP contribution is 2.04. The number of furan rings is 1. The Morgan fingerprint density at radius 1 is 1.35 bits per heavy atom. The Morgan fingerprint density at radius 3 is 2.88 bits per heavy atom. The van der Waals surface area contributed by atoms with Crippen molar-refractivity contribution < 1.29 is 4.42 Å². The number of hydrogen-bond donors (Lipinski definition) is 1. The van der Waals surface area contributed by atoms with Crippen molar-refractivity contribution in [3.8, 4) is 0 Å². The summed E-state index contributed by atoms with van der Waals surface area (Å²) in [6.45, 7) is 5.22. The molecule has 0 saturated heterocycles. The first-order chi connectivity index (χ1) is 8.24. The summed E-state index contributed by atoms with van der Waals surface area (Å²) in [5.74, 6) is 1.02. The van der Waals surface area contributed by atoms with Gasteiger partial charge in [0.2, 0.25) is 0 Å². The maximum absolute atomic E-state index is 5.33. The lowest BCUT2D eigenvalue weighted by Gasteiger charge is -2.19. The molecule has 0 bridgehead atoms. The Bertz CT molecular complexity index is 368. The molecule has 0 aromatic carbocycles. The molecule has 4 nitrogen and oxygen atoms in total. The molecule has 92 valence electrons. The summed E-state index contributed by atoms with van der Waals surface area (Å²) in [6.07, 6.45) is 6.42. The van der Waals surface area contributed by atoms with Crippen LogP contribution >= 0.6 is 0 Å². The van der Waals surface area contributed by atoms with E-state index in [1.54, 1.807) is 12.5 Å². The zero-order chi connectivity index (χ0) is 12.1. The molecule has 0 spiro atoms. The Labute approximate surface area is 102 Å². The van der Waals surface area contributed by atoms with E-state index in [0.717, 1.165) is 18.7 Å². The van der Waals surface area contributed by atoms with Crippen molar-refractivity contribution in [2.45, 2.75) is 38.9 Å². The topological polar surface area (TPSA) is 43.0 Å². The van der Waals surface area contributed by atoms with E-state index in [1.807, 2.05) is 29.1 Å². The summed E-state index contributed by atoms with van der Waals surface area (Å²) >= 11 is 0. The minimum atomic E-state index is 0.389. The van der Waals surface area contributed by atoms with Gasteiger partial charge in [-0.2, -0.15) is 5.10 Å². The third-order valence-corrected chi connectivity index (χ3v) is 2.68. The lowest BCUT2D eigenvalue weighted by Crippen LogP contribution is -2.38. The SMILES string of the molecule is CC(Cc1ccco1)NC(C)Cn1cccn1. The largest absolute Gasteiger partial charge is 0.469 e. The summed E-state index contributed by atoms with van der Waals surface area (Å²) in [5, 5.41) is 7.73. The average molecular weight is 233 g/mol. The van der Waals surface area contributed by atoms with Crippen molar-refractivity contribution in [1.29, 1.82) is 0 Å². The lowest BCUT2D eigenvalue weighted by atomic mass is 10.1. The van der Waals surface area contributed by atoms with Gasteiger partial charge in [-0.25, -0.2) is 0 Å². The molecule has 2 atom stereocenters. The average Bonchev–Trinajstić information content (AvgIpc) is 2.90. The summed E-state index contributed by atoms with van der Waals surface area (Å²) in [4.78, 5) is 0. The van der Waals surface area contributed by atoms with Gasteiger partial charge < -0.3 is 9.73 Å². The van der Waals surface area contributed by atoms with E-state index in [2.05, 4.69) is 24.3 Å². The highest BCUT2D eigenvalue weighted by atomic mass is 16.3. The predicted molar refractivity (Wildman–Crippen MR) is 66.7 cm³/mol. The minimum absolute atomic E-state index is 0.389. The van der Waals surface area contributed by atoms with Gasteiger partial charge in [0, 0.05) is 30.9 Å². The van der Waals surface area contributed by atoms with Gasteiger partial charge >= 0.3 is 0 Å². The van der Waals surface area contributed by atoms with Crippen LogP contribution in [-0.4, -0.2) is 21.9 Å². The number of aromatic nitrogens is 2. The van der Waals surface area contributed by atoms with Gasteiger partial charge in [-0.15, -0.1) is 0 Å².